The zero-order chi connectivity index (χ0) is 21.7. The Morgan fingerprint density at radius 3 is 2.90 bits per heavy atom. The summed E-state index contributed by atoms with van der Waals surface area (Å²) in [6, 6.07) is 4.06. The Kier molecular flexibility index (Phi) is 4.98. The molecule has 0 aliphatic carbocycles. The van der Waals surface area contributed by atoms with E-state index in [1.807, 2.05) is 36.1 Å². The Morgan fingerprint density at radius 1 is 1.26 bits per heavy atom. The number of benzene rings is 1. The van der Waals surface area contributed by atoms with Crippen LogP contribution in [-0.4, -0.2) is 43.4 Å². The molecular weight excluding hydrogens is 414 g/mol. The number of aryl methyl sites for hydroxylation is 1. The van der Waals surface area contributed by atoms with Crippen LogP contribution in [-0.2, 0) is 13.6 Å². The average Bonchev–Trinajstić information content (AvgIpc) is 3.32. The molecule has 1 aliphatic heterocycles. The predicted molar refractivity (Wildman–Crippen MR) is 125 cm³/mol. The minimum absolute atomic E-state index is 0.0924. The molecule has 5 rings (SSSR count). The van der Waals surface area contributed by atoms with Crippen LogP contribution in [0.1, 0.15) is 26.2 Å². The number of nitrogens with two attached hydrogens (primary N) is 1. The second-order valence-corrected chi connectivity index (χ2v) is 8.60. The number of hydrogen-bond donors (Lipinski definition) is 2. The number of H-pyrrole nitrogens is 1. The number of halogens is 1. The molecule has 1 atom stereocenters. The van der Waals surface area contributed by atoms with Gasteiger partial charge in [-0.15, -0.1) is 0 Å². The van der Waals surface area contributed by atoms with E-state index in [4.69, 9.17) is 22.3 Å². The minimum atomic E-state index is -0.0924. The summed E-state index contributed by atoms with van der Waals surface area (Å²) in [6.45, 7) is 4.44. The second kappa shape index (κ2) is 7.69. The van der Waals surface area contributed by atoms with Crippen molar-refractivity contribution in [1.82, 2.24) is 24.3 Å². The maximum absolute atomic E-state index is 13.4. The van der Waals surface area contributed by atoms with E-state index < -0.39 is 0 Å². The summed E-state index contributed by atoms with van der Waals surface area (Å²) in [5.41, 5.74) is 8.99. The first-order valence-corrected chi connectivity index (χ1v) is 11.1. The fourth-order valence-corrected chi connectivity index (χ4v) is 4.76. The lowest BCUT2D eigenvalue weighted by atomic mass is 10.0. The highest BCUT2D eigenvalue weighted by Gasteiger charge is 2.22. The first kappa shape index (κ1) is 20.1. The van der Waals surface area contributed by atoms with Gasteiger partial charge in [0.25, 0.3) is 5.56 Å². The quantitative estimate of drug-likeness (QED) is 0.510. The largest absolute Gasteiger partial charge is 0.345 e. The summed E-state index contributed by atoms with van der Waals surface area (Å²) < 4.78 is 3.49. The van der Waals surface area contributed by atoms with Crippen LogP contribution in [0.15, 0.2) is 29.3 Å². The van der Waals surface area contributed by atoms with Crippen molar-refractivity contribution in [1.29, 1.82) is 0 Å². The van der Waals surface area contributed by atoms with E-state index in [1.165, 1.54) is 0 Å². The van der Waals surface area contributed by atoms with Crippen LogP contribution in [0.4, 0.5) is 5.95 Å². The fraction of sp³-hybridized carbons (Fsp3) is 0.409. The molecule has 4 heterocycles. The molecule has 1 saturated heterocycles. The summed E-state index contributed by atoms with van der Waals surface area (Å²) in [5, 5.41) is 6.52. The third kappa shape index (κ3) is 3.30. The van der Waals surface area contributed by atoms with Gasteiger partial charge < -0.3 is 15.6 Å². The summed E-state index contributed by atoms with van der Waals surface area (Å²) in [4.78, 5) is 23.6. The lowest BCUT2D eigenvalue weighted by molar-refractivity contribution is 0.601. The summed E-state index contributed by atoms with van der Waals surface area (Å²) >= 11 is 6.76. The molecular formula is C22H26ClN7O. The maximum Gasteiger partial charge on any atom is 0.264 e. The highest BCUT2D eigenvalue weighted by molar-refractivity contribution is 6.38. The first-order chi connectivity index (χ1) is 15.0. The summed E-state index contributed by atoms with van der Waals surface area (Å²) in [6.07, 6.45) is 6.64. The first-order valence-electron chi connectivity index (χ1n) is 10.7. The zero-order valence-electron chi connectivity index (χ0n) is 17.7. The van der Waals surface area contributed by atoms with Crippen molar-refractivity contribution in [3.63, 3.8) is 0 Å². The molecule has 0 amide bonds. The number of hydrogen-bond acceptors (Lipinski definition) is 5. The number of aromatic amines is 1. The molecule has 8 nitrogen and oxygen atoms in total. The molecule has 162 valence electrons. The van der Waals surface area contributed by atoms with Crippen molar-refractivity contribution in [2.75, 3.05) is 18.0 Å². The van der Waals surface area contributed by atoms with Gasteiger partial charge in [0.1, 0.15) is 5.65 Å². The Bertz CT molecular complexity index is 1340. The van der Waals surface area contributed by atoms with Crippen molar-refractivity contribution in [3.05, 3.63) is 39.9 Å². The Hall–Kier alpha value is -2.84. The van der Waals surface area contributed by atoms with E-state index in [2.05, 4.69) is 15.0 Å². The van der Waals surface area contributed by atoms with E-state index in [0.29, 0.717) is 22.0 Å². The molecule has 0 saturated carbocycles. The van der Waals surface area contributed by atoms with Crippen LogP contribution < -0.4 is 16.2 Å². The van der Waals surface area contributed by atoms with Crippen LogP contribution >= 0.6 is 11.6 Å². The molecule has 31 heavy (non-hydrogen) atoms. The third-order valence-corrected chi connectivity index (χ3v) is 6.64. The molecule has 4 aromatic rings. The van der Waals surface area contributed by atoms with Crippen LogP contribution in [0.5, 0.6) is 0 Å². The Morgan fingerprint density at radius 2 is 2.10 bits per heavy atom. The molecule has 3 aromatic heterocycles. The van der Waals surface area contributed by atoms with Crippen molar-refractivity contribution in [2.24, 2.45) is 12.8 Å². The van der Waals surface area contributed by atoms with Crippen molar-refractivity contribution in [2.45, 2.75) is 38.8 Å². The number of rotatable bonds is 3. The van der Waals surface area contributed by atoms with Gasteiger partial charge >= 0.3 is 0 Å². The van der Waals surface area contributed by atoms with E-state index in [9.17, 15) is 4.79 Å². The number of fused-ring (bicyclic) bond motifs is 2. The molecule has 0 radical (unpaired) electrons. The molecule has 1 aromatic carbocycles. The molecule has 1 aliphatic rings. The van der Waals surface area contributed by atoms with E-state index in [-0.39, 0.29) is 11.6 Å². The Balaban J connectivity index is 1.64. The van der Waals surface area contributed by atoms with Gasteiger partial charge in [-0.2, -0.15) is 10.1 Å². The van der Waals surface area contributed by atoms with Gasteiger partial charge in [0.2, 0.25) is 5.95 Å². The lowest BCUT2D eigenvalue weighted by Crippen LogP contribution is -2.33. The second-order valence-electron chi connectivity index (χ2n) is 8.22. The summed E-state index contributed by atoms with van der Waals surface area (Å²) in [7, 11) is 1.78. The van der Waals surface area contributed by atoms with Crippen LogP contribution in [0.2, 0.25) is 5.02 Å². The SMILES string of the molecule is CCn1cc2c(Cl)c(-c3c[nH]c4nc(N5CCCC(N)CC5)n(C)c(=O)c34)ccc2n1. The highest BCUT2D eigenvalue weighted by atomic mass is 35.5. The van der Waals surface area contributed by atoms with Crippen molar-refractivity contribution < 1.29 is 0 Å². The fourth-order valence-electron chi connectivity index (χ4n) is 4.45. The van der Waals surface area contributed by atoms with Gasteiger partial charge in [-0.05, 0) is 32.3 Å². The van der Waals surface area contributed by atoms with Gasteiger partial charge in [-0.1, -0.05) is 17.7 Å². The molecule has 0 spiro atoms. The zero-order valence-corrected chi connectivity index (χ0v) is 18.5. The average molecular weight is 440 g/mol. The molecule has 3 N–H and O–H groups in total. The van der Waals surface area contributed by atoms with Gasteiger partial charge in [-0.25, -0.2) is 0 Å². The number of anilines is 1. The molecule has 9 heteroatoms. The van der Waals surface area contributed by atoms with E-state index in [0.717, 1.165) is 60.9 Å². The monoisotopic (exact) mass is 439 g/mol. The molecule has 0 bridgehead atoms. The van der Waals surface area contributed by atoms with Crippen LogP contribution in [0, 0.1) is 0 Å². The van der Waals surface area contributed by atoms with Crippen LogP contribution in [0.3, 0.4) is 0 Å². The molecule has 1 fully saturated rings. The van der Waals surface area contributed by atoms with Gasteiger partial charge in [0.15, 0.2) is 0 Å². The van der Waals surface area contributed by atoms with E-state index in [1.54, 1.807) is 11.6 Å². The smallest absolute Gasteiger partial charge is 0.264 e. The van der Waals surface area contributed by atoms with Gasteiger partial charge in [-0.3, -0.25) is 14.0 Å². The highest BCUT2D eigenvalue weighted by Crippen LogP contribution is 2.36. The topological polar surface area (TPSA) is 97.8 Å². The van der Waals surface area contributed by atoms with Crippen molar-refractivity contribution in [3.8, 4) is 11.1 Å². The number of nitrogens with zero attached hydrogens (tertiary/aromatic N) is 5. The number of nitrogens with one attached hydrogen (secondary N) is 1. The van der Waals surface area contributed by atoms with E-state index >= 15 is 0 Å². The molecule has 1 unspecified atom stereocenters. The Labute approximate surface area is 184 Å². The maximum atomic E-state index is 13.4. The lowest BCUT2D eigenvalue weighted by Gasteiger charge is -2.23. The van der Waals surface area contributed by atoms with Gasteiger partial charge in [0, 0.05) is 61.6 Å². The predicted octanol–water partition coefficient (Wildman–Crippen LogP) is 3.27. The van der Waals surface area contributed by atoms with Gasteiger partial charge in [0.05, 0.1) is 15.9 Å². The normalized spacial score (nSPS) is 17.5. The third-order valence-electron chi connectivity index (χ3n) is 6.23. The van der Waals surface area contributed by atoms with Crippen molar-refractivity contribution >= 4 is 39.5 Å². The van der Waals surface area contributed by atoms with Crippen LogP contribution in [0.25, 0.3) is 33.1 Å². The standard InChI is InChI=1S/C22H26ClN7O/c1-3-30-12-16-17(27-30)7-6-14(19(16)23)15-11-25-20-18(15)21(31)28(2)22(26-20)29-9-4-5-13(24)8-10-29/h6-7,11-13,25H,3-5,8-10,24H2,1-2H3. The minimum Gasteiger partial charge on any atom is -0.345 e. The summed E-state index contributed by atoms with van der Waals surface area (Å²) in [5.74, 6) is 0.672. The number of aromatic nitrogens is 5.